The molecule has 2 heterocycles. The van der Waals surface area contributed by atoms with Crippen LogP contribution in [0.1, 0.15) is 26.3 Å². The largest absolute Gasteiger partial charge is 0.528 e. The Morgan fingerprint density at radius 3 is 2.39 bits per heavy atom. The monoisotopic (exact) mass is 446 g/mol. The number of rotatable bonds is 5. The topological polar surface area (TPSA) is 85.4 Å². The number of hydroxylamine groups is 2. The number of hydrogen-bond donors (Lipinski definition) is 0. The van der Waals surface area contributed by atoms with Crippen molar-refractivity contribution in [3.05, 3.63) is 47.5 Å². The molecule has 1 aromatic carbocycles. The van der Waals surface area contributed by atoms with E-state index >= 15 is 0 Å². The SMILES string of the molecule is COC(=O)/C=C1\CN(OC(=O)OCc2ccccc2)[C@@H]2C(=O)N([Si](C)(C)C(C)(C)C)[C@H]12. The van der Waals surface area contributed by atoms with Crippen molar-refractivity contribution >= 4 is 26.3 Å². The van der Waals surface area contributed by atoms with Gasteiger partial charge >= 0.3 is 12.1 Å². The van der Waals surface area contributed by atoms with E-state index in [2.05, 4.69) is 33.9 Å². The number of esters is 1. The summed E-state index contributed by atoms with van der Waals surface area (Å²) in [7, 11) is -0.906. The van der Waals surface area contributed by atoms with E-state index in [1.807, 2.05) is 34.9 Å². The van der Waals surface area contributed by atoms with Crippen LogP contribution in [-0.4, -0.2) is 61.6 Å². The highest BCUT2D eigenvalue weighted by Gasteiger charge is 2.64. The highest BCUT2D eigenvalue weighted by molar-refractivity contribution is 6.80. The molecule has 2 atom stereocenters. The third-order valence-electron chi connectivity index (χ3n) is 6.43. The van der Waals surface area contributed by atoms with E-state index in [0.717, 1.165) is 5.56 Å². The van der Waals surface area contributed by atoms with Gasteiger partial charge in [-0.3, -0.25) is 4.79 Å². The third kappa shape index (κ3) is 4.38. The normalized spacial score (nSPS) is 22.7. The lowest BCUT2D eigenvalue weighted by molar-refractivity contribution is -0.179. The van der Waals surface area contributed by atoms with Crippen molar-refractivity contribution in [2.24, 2.45) is 0 Å². The fourth-order valence-corrected chi connectivity index (χ4v) is 6.16. The number of fused-ring (bicyclic) bond motifs is 1. The van der Waals surface area contributed by atoms with Gasteiger partial charge in [-0.2, -0.15) is 0 Å². The van der Waals surface area contributed by atoms with E-state index in [1.165, 1.54) is 18.2 Å². The van der Waals surface area contributed by atoms with Crippen LogP contribution in [0.5, 0.6) is 0 Å². The molecule has 0 saturated carbocycles. The summed E-state index contributed by atoms with van der Waals surface area (Å²) >= 11 is 0. The molecule has 2 fully saturated rings. The van der Waals surface area contributed by atoms with Crippen molar-refractivity contribution in [2.45, 2.75) is 57.6 Å². The van der Waals surface area contributed by atoms with E-state index in [0.29, 0.717) is 5.57 Å². The molecular formula is C22H30N2O6Si. The first-order valence-corrected chi connectivity index (χ1v) is 13.2. The van der Waals surface area contributed by atoms with Crippen LogP contribution in [0.25, 0.3) is 0 Å². The molecule has 0 aromatic heterocycles. The molecule has 2 aliphatic rings. The molecule has 0 radical (unpaired) electrons. The maximum absolute atomic E-state index is 13.2. The van der Waals surface area contributed by atoms with Crippen molar-refractivity contribution < 1.29 is 28.7 Å². The van der Waals surface area contributed by atoms with Crippen molar-refractivity contribution in [1.82, 2.24) is 9.63 Å². The highest BCUT2D eigenvalue weighted by atomic mass is 28.3. The van der Waals surface area contributed by atoms with E-state index in [-0.39, 0.29) is 30.1 Å². The quantitative estimate of drug-likeness (QED) is 0.297. The summed E-state index contributed by atoms with van der Waals surface area (Å²) < 4.78 is 11.9. The molecule has 0 spiro atoms. The molecule has 0 unspecified atom stereocenters. The first-order valence-electron chi connectivity index (χ1n) is 10.2. The molecular weight excluding hydrogens is 416 g/mol. The van der Waals surface area contributed by atoms with Crippen LogP contribution in [0.4, 0.5) is 4.79 Å². The number of benzene rings is 1. The second-order valence-electron chi connectivity index (χ2n) is 9.34. The maximum Gasteiger partial charge on any atom is 0.528 e. The van der Waals surface area contributed by atoms with Gasteiger partial charge < -0.3 is 18.9 Å². The number of nitrogens with zero attached hydrogens (tertiary/aromatic N) is 2. The molecule has 0 bridgehead atoms. The van der Waals surface area contributed by atoms with Crippen LogP contribution in [-0.2, 0) is 30.5 Å². The van der Waals surface area contributed by atoms with Crippen LogP contribution in [0, 0.1) is 0 Å². The first kappa shape index (κ1) is 23.0. The Hall–Kier alpha value is -2.65. The van der Waals surface area contributed by atoms with Gasteiger partial charge in [0.1, 0.15) is 12.6 Å². The number of carbonyl (C=O) groups is 3. The maximum atomic E-state index is 13.2. The molecule has 1 amide bonds. The molecule has 0 N–H and O–H groups in total. The Morgan fingerprint density at radius 2 is 1.81 bits per heavy atom. The van der Waals surface area contributed by atoms with Gasteiger partial charge in [0.05, 0.1) is 19.7 Å². The summed E-state index contributed by atoms with van der Waals surface area (Å²) in [6.07, 6.45) is 0.503. The van der Waals surface area contributed by atoms with Crippen molar-refractivity contribution in [2.75, 3.05) is 13.7 Å². The number of amides is 1. The lowest BCUT2D eigenvalue weighted by atomic mass is 9.96. The number of ether oxygens (including phenoxy) is 2. The van der Waals surface area contributed by atoms with Gasteiger partial charge in [0, 0.05) is 6.08 Å². The summed E-state index contributed by atoms with van der Waals surface area (Å²) in [5.74, 6) is -0.600. The zero-order chi connectivity index (χ0) is 23.0. The Labute approximate surface area is 183 Å². The number of hydrogen-bond acceptors (Lipinski definition) is 7. The lowest BCUT2D eigenvalue weighted by Crippen LogP contribution is -2.76. The minimum absolute atomic E-state index is 0.0660. The van der Waals surface area contributed by atoms with Crippen molar-refractivity contribution in [3.8, 4) is 0 Å². The zero-order valence-electron chi connectivity index (χ0n) is 18.9. The summed E-state index contributed by atoms with van der Waals surface area (Å²) in [5, 5.41) is 1.24. The second-order valence-corrected chi connectivity index (χ2v) is 14.4. The van der Waals surface area contributed by atoms with Gasteiger partial charge in [-0.1, -0.05) is 64.2 Å². The molecule has 0 aliphatic carbocycles. The summed E-state index contributed by atoms with van der Waals surface area (Å²) in [6.45, 7) is 10.8. The third-order valence-corrected chi connectivity index (χ3v) is 11.8. The van der Waals surface area contributed by atoms with Gasteiger partial charge in [0.2, 0.25) is 5.91 Å². The number of methoxy groups -OCH3 is 1. The van der Waals surface area contributed by atoms with E-state index in [1.54, 1.807) is 0 Å². The molecule has 31 heavy (non-hydrogen) atoms. The minimum atomic E-state index is -2.21. The molecule has 1 aromatic rings. The predicted molar refractivity (Wildman–Crippen MR) is 116 cm³/mol. The molecule has 168 valence electrons. The van der Waals surface area contributed by atoms with Crippen LogP contribution in [0.15, 0.2) is 42.0 Å². The van der Waals surface area contributed by atoms with Crippen molar-refractivity contribution in [3.63, 3.8) is 0 Å². The second kappa shape index (κ2) is 8.47. The highest BCUT2D eigenvalue weighted by Crippen LogP contribution is 2.48. The molecule has 2 saturated heterocycles. The molecule has 9 heteroatoms. The summed E-state index contributed by atoms with van der Waals surface area (Å²) in [6, 6.07) is 8.26. The van der Waals surface area contributed by atoms with E-state index < -0.39 is 26.4 Å². The van der Waals surface area contributed by atoms with Gasteiger partial charge in [-0.05, 0) is 16.2 Å². The fraction of sp³-hybridized carbons (Fsp3) is 0.500. The van der Waals surface area contributed by atoms with Crippen LogP contribution < -0.4 is 0 Å². The predicted octanol–water partition coefficient (Wildman–Crippen LogP) is 3.25. The van der Waals surface area contributed by atoms with Gasteiger partial charge in [-0.25, -0.2) is 9.59 Å². The average molecular weight is 447 g/mol. The lowest BCUT2D eigenvalue weighted by Gasteiger charge is -2.56. The zero-order valence-corrected chi connectivity index (χ0v) is 19.9. The standard InChI is InChI=1S/C22H30N2O6Si/c1-22(2,3)31(5,6)24-18-16(12-17(25)28-4)13-23(19(18)20(24)26)30-21(27)29-14-15-10-8-7-9-11-15/h7-12,18-19H,13-14H2,1-6H3/b16-12+/t18-,19+/m1/s1. The Morgan fingerprint density at radius 1 is 1.16 bits per heavy atom. The van der Waals surface area contributed by atoms with Gasteiger partial charge in [-0.15, -0.1) is 5.06 Å². The Bertz CT molecular complexity index is 893. The smallest absolute Gasteiger partial charge is 0.466 e. The van der Waals surface area contributed by atoms with E-state index in [4.69, 9.17) is 14.3 Å². The number of β-lactam (4-membered cyclic amide) rings is 1. The summed E-state index contributed by atoms with van der Waals surface area (Å²) in [5.41, 5.74) is 1.52. The van der Waals surface area contributed by atoms with Crippen molar-refractivity contribution in [1.29, 1.82) is 0 Å². The first-order chi connectivity index (χ1) is 14.5. The minimum Gasteiger partial charge on any atom is -0.466 e. The Balaban J connectivity index is 1.77. The average Bonchev–Trinajstić information content (AvgIpc) is 2.98. The summed E-state index contributed by atoms with van der Waals surface area (Å²) in [4.78, 5) is 42.7. The fourth-order valence-electron chi connectivity index (χ4n) is 3.75. The molecule has 3 rings (SSSR count). The van der Waals surface area contributed by atoms with Crippen LogP contribution in [0.2, 0.25) is 18.1 Å². The van der Waals surface area contributed by atoms with Crippen LogP contribution in [0.3, 0.4) is 0 Å². The van der Waals surface area contributed by atoms with E-state index in [9.17, 15) is 14.4 Å². The molecule has 2 aliphatic heterocycles. The van der Waals surface area contributed by atoms with Gasteiger partial charge in [0.15, 0.2) is 8.24 Å². The molecule has 8 nitrogen and oxygen atoms in total. The Kier molecular flexibility index (Phi) is 6.29. The number of carbonyl (C=O) groups excluding carboxylic acids is 3. The van der Waals surface area contributed by atoms with Crippen LogP contribution >= 0.6 is 0 Å². The van der Waals surface area contributed by atoms with Gasteiger partial charge in [0.25, 0.3) is 0 Å².